The molecule has 7 nitrogen and oxygen atoms in total. The molecule has 1 heterocycles. The highest BCUT2D eigenvalue weighted by atomic mass is 79.9. The van der Waals surface area contributed by atoms with Crippen LogP contribution in [-0.2, 0) is 18.4 Å². The van der Waals surface area contributed by atoms with Crippen molar-refractivity contribution in [3.63, 3.8) is 0 Å². The lowest BCUT2D eigenvalue weighted by atomic mass is 10.0. The molecule has 1 aromatic heterocycles. The molecule has 3 aromatic rings. The van der Waals surface area contributed by atoms with Crippen LogP contribution in [-0.4, -0.2) is 32.3 Å². The minimum atomic E-state index is -0.344. The molecule has 11 heteroatoms. The van der Waals surface area contributed by atoms with E-state index in [1.165, 1.54) is 17.8 Å². The van der Waals surface area contributed by atoms with Crippen molar-refractivity contribution in [2.45, 2.75) is 31.5 Å². The summed E-state index contributed by atoms with van der Waals surface area (Å²) in [6, 6.07) is 10.5. The van der Waals surface area contributed by atoms with Gasteiger partial charge in [-0.05, 0) is 47.9 Å². The number of anilines is 1. The summed E-state index contributed by atoms with van der Waals surface area (Å²) in [5.41, 5.74) is 2.17. The van der Waals surface area contributed by atoms with Crippen molar-refractivity contribution in [1.82, 2.24) is 20.1 Å². The van der Waals surface area contributed by atoms with E-state index in [2.05, 4.69) is 50.6 Å². The van der Waals surface area contributed by atoms with Crippen LogP contribution in [0.4, 0.5) is 5.69 Å². The summed E-state index contributed by atoms with van der Waals surface area (Å²) in [4.78, 5) is 24.9. The number of carbonyl (C=O) groups is 2. The van der Waals surface area contributed by atoms with E-state index in [0.717, 1.165) is 15.7 Å². The number of carbonyl (C=O) groups excluding carboxylic acids is 2. The molecule has 0 fully saturated rings. The fourth-order valence-electron chi connectivity index (χ4n) is 2.99. The molecule has 0 aliphatic carbocycles. The van der Waals surface area contributed by atoms with Crippen LogP contribution in [0.25, 0.3) is 0 Å². The van der Waals surface area contributed by atoms with Crippen molar-refractivity contribution in [1.29, 1.82) is 0 Å². The van der Waals surface area contributed by atoms with Crippen LogP contribution in [0.15, 0.2) is 46.0 Å². The number of benzene rings is 2. The van der Waals surface area contributed by atoms with Crippen molar-refractivity contribution < 1.29 is 9.59 Å². The number of thioether (sulfide) groups is 1. The first kappa shape index (κ1) is 25.6. The highest BCUT2D eigenvalue weighted by Crippen LogP contribution is 2.28. The first-order valence-electron chi connectivity index (χ1n) is 9.99. The Kier molecular flexibility index (Phi) is 8.81. The second kappa shape index (κ2) is 11.4. The third-order valence-corrected chi connectivity index (χ3v) is 6.81. The van der Waals surface area contributed by atoms with E-state index in [9.17, 15) is 9.59 Å². The smallest absolute Gasteiger partial charge is 0.253 e. The minimum absolute atomic E-state index is 0.139. The average molecular weight is 571 g/mol. The summed E-state index contributed by atoms with van der Waals surface area (Å²) < 4.78 is 2.71. The largest absolute Gasteiger partial charge is 0.345 e. The molecule has 2 N–H and O–H groups in total. The van der Waals surface area contributed by atoms with Gasteiger partial charge in [0.2, 0.25) is 5.91 Å². The van der Waals surface area contributed by atoms with Crippen molar-refractivity contribution in [2.24, 2.45) is 7.05 Å². The maximum absolute atomic E-state index is 12.5. The van der Waals surface area contributed by atoms with Crippen LogP contribution >= 0.6 is 50.9 Å². The Morgan fingerprint density at radius 3 is 2.61 bits per heavy atom. The Bertz CT molecular complexity index is 1190. The van der Waals surface area contributed by atoms with Crippen LogP contribution in [0.5, 0.6) is 0 Å². The fourth-order valence-corrected chi connectivity index (χ4v) is 4.60. The Morgan fingerprint density at radius 1 is 1.15 bits per heavy atom. The molecule has 0 aliphatic heterocycles. The number of hydrogen-bond donors (Lipinski definition) is 2. The minimum Gasteiger partial charge on any atom is -0.345 e. The zero-order valence-corrected chi connectivity index (χ0v) is 22.1. The lowest BCUT2D eigenvalue weighted by molar-refractivity contribution is -0.113. The van der Waals surface area contributed by atoms with E-state index >= 15 is 0 Å². The van der Waals surface area contributed by atoms with Gasteiger partial charge in [-0.25, -0.2) is 0 Å². The van der Waals surface area contributed by atoms with Gasteiger partial charge in [0.15, 0.2) is 11.0 Å². The molecule has 3 rings (SSSR count). The van der Waals surface area contributed by atoms with Crippen molar-refractivity contribution >= 4 is 68.4 Å². The summed E-state index contributed by atoms with van der Waals surface area (Å²) in [7, 11) is 1.78. The molecule has 0 atom stereocenters. The van der Waals surface area contributed by atoms with Crippen molar-refractivity contribution in [2.75, 3.05) is 11.1 Å². The molecule has 0 saturated carbocycles. The van der Waals surface area contributed by atoms with Gasteiger partial charge in [-0.2, -0.15) is 0 Å². The molecule has 0 bridgehead atoms. The highest BCUT2D eigenvalue weighted by molar-refractivity contribution is 9.10. The number of aromatic nitrogens is 3. The standard InChI is InChI=1S/C22H22BrCl2N5O2S/c1-12(2)16-8-13(23)4-7-18(16)27-20(31)11-33-22-29-28-19(30(22)3)10-26-21(32)15-6-5-14(24)9-17(15)25/h4-9,12H,10-11H2,1-3H3,(H,26,32)(H,27,31). The molecule has 0 spiro atoms. The van der Waals surface area contributed by atoms with Crippen LogP contribution in [0.2, 0.25) is 10.0 Å². The maximum Gasteiger partial charge on any atom is 0.253 e. The van der Waals surface area contributed by atoms with Crippen LogP contribution in [0, 0.1) is 0 Å². The van der Waals surface area contributed by atoms with Crippen LogP contribution < -0.4 is 10.6 Å². The third-order valence-electron chi connectivity index (χ3n) is 4.75. The van der Waals surface area contributed by atoms with Gasteiger partial charge in [0.25, 0.3) is 5.91 Å². The highest BCUT2D eigenvalue weighted by Gasteiger charge is 2.16. The monoisotopic (exact) mass is 569 g/mol. The zero-order valence-electron chi connectivity index (χ0n) is 18.2. The normalized spacial score (nSPS) is 11.0. The van der Waals surface area contributed by atoms with Gasteiger partial charge in [-0.1, -0.05) is 64.7 Å². The predicted octanol–water partition coefficient (Wildman–Crippen LogP) is 5.67. The van der Waals surface area contributed by atoms with E-state index < -0.39 is 0 Å². The van der Waals surface area contributed by atoms with E-state index in [1.54, 1.807) is 23.7 Å². The lowest BCUT2D eigenvalue weighted by Gasteiger charge is -2.14. The Morgan fingerprint density at radius 2 is 1.91 bits per heavy atom. The molecule has 0 saturated heterocycles. The van der Waals surface area contributed by atoms with E-state index in [-0.39, 0.29) is 35.1 Å². The average Bonchev–Trinajstić information content (AvgIpc) is 3.11. The molecule has 0 unspecified atom stereocenters. The first-order chi connectivity index (χ1) is 15.7. The summed E-state index contributed by atoms with van der Waals surface area (Å²) >= 11 is 16.7. The van der Waals surface area contributed by atoms with E-state index in [0.29, 0.717) is 21.6 Å². The number of nitrogens with zero attached hydrogens (tertiary/aromatic N) is 3. The first-order valence-corrected chi connectivity index (χ1v) is 12.5. The molecule has 33 heavy (non-hydrogen) atoms. The topological polar surface area (TPSA) is 88.9 Å². The van der Waals surface area contributed by atoms with Gasteiger partial charge < -0.3 is 15.2 Å². The van der Waals surface area contributed by atoms with E-state index in [1.807, 2.05) is 18.2 Å². The van der Waals surface area contributed by atoms with Crippen LogP contribution in [0.1, 0.15) is 41.5 Å². The third kappa shape index (κ3) is 6.72. The summed E-state index contributed by atoms with van der Waals surface area (Å²) in [6.45, 7) is 4.31. The Hall–Kier alpha value is -2.07. The van der Waals surface area contributed by atoms with Gasteiger partial charge in [0.1, 0.15) is 0 Å². The second-order valence-electron chi connectivity index (χ2n) is 7.49. The SMILES string of the molecule is CC(C)c1cc(Br)ccc1NC(=O)CSc1nnc(CNC(=O)c2ccc(Cl)cc2Cl)n1C. The number of amides is 2. The quantitative estimate of drug-likeness (QED) is 0.341. The molecule has 174 valence electrons. The molecule has 0 radical (unpaired) electrons. The molecular formula is C22H22BrCl2N5O2S. The Balaban J connectivity index is 1.57. The second-order valence-corrected chi connectivity index (χ2v) is 10.2. The summed E-state index contributed by atoms with van der Waals surface area (Å²) in [6.07, 6.45) is 0. The number of hydrogen-bond acceptors (Lipinski definition) is 5. The van der Waals surface area contributed by atoms with Gasteiger partial charge in [-0.3, -0.25) is 9.59 Å². The van der Waals surface area contributed by atoms with E-state index in [4.69, 9.17) is 23.2 Å². The zero-order chi connectivity index (χ0) is 24.1. The van der Waals surface area contributed by atoms with Gasteiger partial charge in [0.05, 0.1) is 22.9 Å². The van der Waals surface area contributed by atoms with Gasteiger partial charge in [-0.15, -0.1) is 10.2 Å². The number of nitrogens with one attached hydrogen (secondary N) is 2. The molecular weight excluding hydrogens is 549 g/mol. The summed E-state index contributed by atoms with van der Waals surface area (Å²) in [5, 5.41) is 15.3. The lowest BCUT2D eigenvalue weighted by Crippen LogP contribution is -2.24. The Labute approximate surface area is 214 Å². The van der Waals surface area contributed by atoms with Crippen molar-refractivity contribution in [3.8, 4) is 0 Å². The number of halogens is 3. The molecule has 2 amide bonds. The molecule has 2 aromatic carbocycles. The van der Waals surface area contributed by atoms with Gasteiger partial charge in [0, 0.05) is 22.2 Å². The summed E-state index contributed by atoms with van der Waals surface area (Å²) in [5.74, 6) is 0.506. The maximum atomic E-state index is 12.5. The molecule has 0 aliphatic rings. The number of rotatable bonds is 8. The van der Waals surface area contributed by atoms with Gasteiger partial charge >= 0.3 is 0 Å². The van der Waals surface area contributed by atoms with Crippen molar-refractivity contribution in [3.05, 3.63) is 67.9 Å². The predicted molar refractivity (Wildman–Crippen MR) is 136 cm³/mol. The fraction of sp³-hybridized carbons (Fsp3) is 0.273. The van der Waals surface area contributed by atoms with Crippen LogP contribution in [0.3, 0.4) is 0 Å².